The summed E-state index contributed by atoms with van der Waals surface area (Å²) in [7, 11) is -3.47. The second-order valence-electron chi connectivity index (χ2n) is 8.49. The molecule has 3 atom stereocenters. The van der Waals surface area contributed by atoms with Crippen LogP contribution in [0.3, 0.4) is 0 Å². The first-order chi connectivity index (χ1) is 10.3. The van der Waals surface area contributed by atoms with Gasteiger partial charge in [-0.25, -0.2) is 8.42 Å². The van der Waals surface area contributed by atoms with E-state index in [-0.39, 0.29) is 23.3 Å². The second-order valence-corrected chi connectivity index (χ2v) is 11.1. The van der Waals surface area contributed by atoms with Crippen molar-refractivity contribution in [2.45, 2.75) is 77.6 Å². The van der Waals surface area contributed by atoms with Gasteiger partial charge in [0.05, 0.1) is 11.8 Å². The van der Waals surface area contributed by atoms with Crippen LogP contribution in [0.2, 0.25) is 0 Å². The molecule has 132 valence electrons. The van der Waals surface area contributed by atoms with Gasteiger partial charge < -0.3 is 0 Å². The molecule has 0 aromatic rings. The van der Waals surface area contributed by atoms with Crippen molar-refractivity contribution < 1.29 is 8.42 Å². The van der Waals surface area contributed by atoms with E-state index in [9.17, 15) is 13.7 Å². The van der Waals surface area contributed by atoms with Crippen molar-refractivity contribution in [1.29, 1.82) is 5.26 Å². The van der Waals surface area contributed by atoms with E-state index in [1.807, 2.05) is 27.7 Å². The number of hydrogen-bond acceptors (Lipinski definition) is 4. The maximum Gasteiger partial charge on any atom is 0.215 e. The van der Waals surface area contributed by atoms with Crippen molar-refractivity contribution in [3.05, 3.63) is 0 Å². The number of sulfonamides is 1. The number of rotatable bonds is 5. The van der Waals surface area contributed by atoms with Crippen LogP contribution in [0.15, 0.2) is 0 Å². The maximum absolute atomic E-state index is 13.2. The summed E-state index contributed by atoms with van der Waals surface area (Å²) in [5.74, 6) is 0.401. The molecule has 0 aliphatic heterocycles. The Labute approximate surface area is 147 Å². The molecular formula is C17H30N2O2S2. The molecule has 2 aliphatic rings. The Morgan fingerprint density at radius 1 is 1.26 bits per heavy atom. The van der Waals surface area contributed by atoms with Crippen LogP contribution in [0.25, 0.3) is 0 Å². The van der Waals surface area contributed by atoms with E-state index in [0.717, 1.165) is 12.8 Å². The molecule has 2 fully saturated rings. The van der Waals surface area contributed by atoms with Crippen LogP contribution >= 0.6 is 12.6 Å². The summed E-state index contributed by atoms with van der Waals surface area (Å²) >= 11 is 4.73. The number of hydrogen-bond donors (Lipinski definition) is 1. The normalized spacial score (nSPS) is 36.1. The van der Waals surface area contributed by atoms with Gasteiger partial charge in [0.1, 0.15) is 4.75 Å². The van der Waals surface area contributed by atoms with Crippen LogP contribution in [0.1, 0.15) is 60.8 Å². The van der Waals surface area contributed by atoms with E-state index < -0.39 is 20.2 Å². The van der Waals surface area contributed by atoms with Crippen molar-refractivity contribution in [3.8, 4) is 6.07 Å². The molecule has 0 saturated heterocycles. The van der Waals surface area contributed by atoms with E-state index in [4.69, 9.17) is 12.6 Å². The number of nitrogens with zero attached hydrogens (tertiary/aromatic N) is 2. The molecule has 2 saturated carbocycles. The van der Waals surface area contributed by atoms with E-state index >= 15 is 0 Å². The lowest BCUT2D eigenvalue weighted by molar-refractivity contribution is 0.140. The number of fused-ring (bicyclic) bond motifs is 2. The zero-order chi connectivity index (χ0) is 17.8. The summed E-state index contributed by atoms with van der Waals surface area (Å²) in [6.07, 6.45) is 2.46. The Morgan fingerprint density at radius 3 is 2.17 bits per heavy atom. The fourth-order valence-electron chi connectivity index (χ4n) is 5.30. The quantitative estimate of drug-likeness (QED) is 0.766. The Bertz CT molecular complexity index is 613. The van der Waals surface area contributed by atoms with Crippen molar-refractivity contribution in [2.24, 2.45) is 16.7 Å². The molecule has 2 aliphatic carbocycles. The molecule has 0 spiro atoms. The van der Waals surface area contributed by atoms with Crippen molar-refractivity contribution in [2.75, 3.05) is 5.75 Å². The molecule has 0 radical (unpaired) electrons. The lowest BCUT2D eigenvalue weighted by atomic mass is 9.66. The SMILES string of the molecule is CC(C)N(C(C)C)S(=O)(=O)CC12CCC(C[C@@]1(S)C#N)C2(C)C. The molecule has 0 aromatic heterocycles. The van der Waals surface area contributed by atoms with Crippen LogP contribution in [-0.4, -0.2) is 35.3 Å². The molecule has 4 nitrogen and oxygen atoms in total. The zero-order valence-corrected chi connectivity index (χ0v) is 16.8. The molecule has 2 unspecified atom stereocenters. The molecular weight excluding hydrogens is 328 g/mol. The monoisotopic (exact) mass is 358 g/mol. The van der Waals surface area contributed by atoms with Gasteiger partial charge >= 0.3 is 0 Å². The molecule has 23 heavy (non-hydrogen) atoms. The van der Waals surface area contributed by atoms with Gasteiger partial charge in [-0.1, -0.05) is 13.8 Å². The van der Waals surface area contributed by atoms with Gasteiger partial charge in [0.2, 0.25) is 10.0 Å². The summed E-state index contributed by atoms with van der Waals surface area (Å²) < 4.78 is 27.2. The van der Waals surface area contributed by atoms with Gasteiger partial charge in [-0.05, 0) is 58.3 Å². The summed E-state index contributed by atoms with van der Waals surface area (Å²) in [4.78, 5) is 0. The third-order valence-electron chi connectivity index (χ3n) is 6.46. The number of nitriles is 1. The molecule has 0 aromatic carbocycles. The smallest absolute Gasteiger partial charge is 0.212 e. The lowest BCUT2D eigenvalue weighted by Gasteiger charge is -2.46. The fourth-order valence-corrected chi connectivity index (χ4v) is 8.92. The van der Waals surface area contributed by atoms with Crippen LogP contribution in [0.5, 0.6) is 0 Å². The Hall–Kier alpha value is -0.250. The topological polar surface area (TPSA) is 61.2 Å². The van der Waals surface area contributed by atoms with E-state index in [2.05, 4.69) is 19.9 Å². The van der Waals surface area contributed by atoms with E-state index in [1.165, 1.54) is 0 Å². The Balaban J connectivity index is 2.50. The predicted octanol–water partition coefficient (Wildman–Crippen LogP) is 3.45. The van der Waals surface area contributed by atoms with Crippen molar-refractivity contribution in [1.82, 2.24) is 4.31 Å². The molecule has 0 amide bonds. The third kappa shape index (κ3) is 2.54. The highest BCUT2D eigenvalue weighted by molar-refractivity contribution is 7.89. The van der Waals surface area contributed by atoms with Gasteiger partial charge in [-0.3, -0.25) is 0 Å². The van der Waals surface area contributed by atoms with E-state index in [1.54, 1.807) is 4.31 Å². The zero-order valence-electron chi connectivity index (χ0n) is 15.1. The van der Waals surface area contributed by atoms with Gasteiger partial charge in [-0.15, -0.1) is 0 Å². The minimum absolute atomic E-state index is 0.0247. The molecule has 0 N–H and O–H groups in total. The van der Waals surface area contributed by atoms with Gasteiger partial charge in [0.15, 0.2) is 0 Å². The summed E-state index contributed by atoms with van der Waals surface area (Å²) in [6, 6.07) is 2.19. The average Bonchev–Trinajstić information content (AvgIpc) is 2.69. The highest BCUT2D eigenvalue weighted by Gasteiger charge is 2.71. The second kappa shape index (κ2) is 5.64. The minimum atomic E-state index is -3.47. The molecule has 2 bridgehead atoms. The van der Waals surface area contributed by atoms with Gasteiger partial charge in [-0.2, -0.15) is 22.2 Å². The first-order valence-corrected chi connectivity index (χ1v) is 10.5. The van der Waals surface area contributed by atoms with Crippen LogP contribution in [0, 0.1) is 28.1 Å². The van der Waals surface area contributed by atoms with Crippen LogP contribution in [-0.2, 0) is 10.0 Å². The van der Waals surface area contributed by atoms with Crippen LogP contribution in [0.4, 0.5) is 0 Å². The van der Waals surface area contributed by atoms with E-state index in [0.29, 0.717) is 12.3 Å². The molecule has 6 heteroatoms. The minimum Gasteiger partial charge on any atom is -0.212 e. The van der Waals surface area contributed by atoms with Crippen molar-refractivity contribution in [3.63, 3.8) is 0 Å². The Kier molecular flexibility index (Phi) is 4.68. The molecule has 2 rings (SSSR count). The fraction of sp³-hybridized carbons (Fsp3) is 0.941. The number of thiol groups is 1. The third-order valence-corrected chi connectivity index (χ3v) is 9.51. The summed E-state index contributed by atoms with van der Waals surface area (Å²) in [6.45, 7) is 11.9. The average molecular weight is 359 g/mol. The summed E-state index contributed by atoms with van der Waals surface area (Å²) in [5, 5.41) is 9.76. The standard InChI is InChI=1S/C17H30N2O2S2/c1-12(2)19(13(3)4)23(20,21)11-16-8-7-14(15(16,5)6)9-17(16,22)10-18/h12-14,22H,7-9,11H2,1-6H3/t14?,16?,17-/m1/s1. The Morgan fingerprint density at radius 2 is 1.78 bits per heavy atom. The maximum atomic E-state index is 13.2. The van der Waals surface area contributed by atoms with Gasteiger partial charge in [0.25, 0.3) is 0 Å². The first kappa shape index (κ1) is 19.1. The highest BCUT2D eigenvalue weighted by atomic mass is 32.2. The lowest BCUT2D eigenvalue weighted by Crippen LogP contribution is -2.54. The summed E-state index contributed by atoms with van der Waals surface area (Å²) in [5.41, 5.74) is -0.763. The predicted molar refractivity (Wildman–Crippen MR) is 96.8 cm³/mol. The van der Waals surface area contributed by atoms with Crippen LogP contribution < -0.4 is 0 Å². The first-order valence-electron chi connectivity index (χ1n) is 8.49. The van der Waals surface area contributed by atoms with Crippen molar-refractivity contribution >= 4 is 22.7 Å². The molecule has 0 heterocycles. The largest absolute Gasteiger partial charge is 0.215 e. The highest BCUT2D eigenvalue weighted by Crippen LogP contribution is 2.72. The van der Waals surface area contributed by atoms with Gasteiger partial charge in [0, 0.05) is 17.5 Å².